The average molecular weight is 483 g/mol. The van der Waals surface area contributed by atoms with Crippen molar-refractivity contribution < 1.29 is 27.1 Å². The average Bonchev–Trinajstić information content (AvgIpc) is 3.46. The van der Waals surface area contributed by atoms with Crippen LogP contribution in [0.4, 0.5) is 27.8 Å². The van der Waals surface area contributed by atoms with Crippen LogP contribution in [0.2, 0.25) is 0 Å². The van der Waals surface area contributed by atoms with Crippen LogP contribution in [-0.4, -0.2) is 49.1 Å². The van der Waals surface area contributed by atoms with Gasteiger partial charge in [0, 0.05) is 49.4 Å². The molecule has 3 heterocycles. The molecular weight excluding hydrogens is 457 g/mol. The van der Waals surface area contributed by atoms with Gasteiger partial charge < -0.3 is 15.4 Å². The summed E-state index contributed by atoms with van der Waals surface area (Å²) in [6.45, 7) is 0.736. The van der Waals surface area contributed by atoms with Gasteiger partial charge in [0.05, 0.1) is 16.8 Å². The van der Waals surface area contributed by atoms with Crippen molar-refractivity contribution >= 4 is 5.82 Å². The van der Waals surface area contributed by atoms with Crippen LogP contribution in [0, 0.1) is 5.92 Å². The number of nitrogen functional groups attached to an aromatic ring is 1. The SMILES string of the molecule is Nc1ncc(-c2cn(C34CC(N5CCC(F)(F)CC5)(C3)C4)c(C(O)C3CC3)n2)cc1C(F)(F)F. The molecule has 34 heavy (non-hydrogen) atoms. The minimum Gasteiger partial charge on any atom is -0.385 e. The number of anilines is 1. The largest absolute Gasteiger partial charge is 0.419 e. The zero-order chi connectivity index (χ0) is 24.1. The topological polar surface area (TPSA) is 80.2 Å². The van der Waals surface area contributed by atoms with E-state index in [4.69, 9.17) is 5.73 Å². The number of alkyl halides is 5. The summed E-state index contributed by atoms with van der Waals surface area (Å²) < 4.78 is 69.2. The van der Waals surface area contributed by atoms with Gasteiger partial charge in [-0.25, -0.2) is 18.7 Å². The molecule has 2 bridgehead atoms. The minimum atomic E-state index is -4.64. The minimum absolute atomic E-state index is 0.0925. The fraction of sp³-hybridized carbons (Fsp3) is 0.652. The molecule has 1 saturated heterocycles. The van der Waals surface area contributed by atoms with E-state index < -0.39 is 29.6 Å². The summed E-state index contributed by atoms with van der Waals surface area (Å²) in [7, 11) is 0. The number of aliphatic hydroxyl groups is 1. The highest BCUT2D eigenvalue weighted by atomic mass is 19.4. The van der Waals surface area contributed by atoms with Crippen molar-refractivity contribution in [2.24, 2.45) is 5.92 Å². The third-order valence-corrected chi connectivity index (χ3v) is 8.24. The van der Waals surface area contributed by atoms with Gasteiger partial charge in [0.1, 0.15) is 17.7 Å². The quantitative estimate of drug-likeness (QED) is 0.618. The Labute approximate surface area is 193 Å². The molecule has 5 fully saturated rings. The maximum atomic E-state index is 13.6. The van der Waals surface area contributed by atoms with Crippen LogP contribution in [0.3, 0.4) is 0 Å². The standard InChI is InChI=1S/C23H26F5N5O/c24-22(25)3-5-32(6-4-22)20-10-21(11-20,12-20)33-9-16(31-19(33)17(34)13-1-2-13)14-7-15(23(26,27)28)18(29)30-8-14/h7-9,13,17,34H,1-6,10-12H2,(H2,29,30). The second kappa shape index (κ2) is 6.90. The van der Waals surface area contributed by atoms with E-state index in [0.29, 0.717) is 24.6 Å². The number of aromatic nitrogens is 3. The van der Waals surface area contributed by atoms with Crippen LogP contribution >= 0.6 is 0 Å². The van der Waals surface area contributed by atoms with Gasteiger partial charge in [0.15, 0.2) is 0 Å². The van der Waals surface area contributed by atoms with E-state index in [-0.39, 0.29) is 35.4 Å². The van der Waals surface area contributed by atoms with Crippen molar-refractivity contribution in [2.45, 2.75) is 74.2 Å². The van der Waals surface area contributed by atoms with Gasteiger partial charge in [-0.3, -0.25) is 4.90 Å². The number of aliphatic hydroxyl groups excluding tert-OH is 1. The molecule has 0 spiro atoms. The Morgan fingerprint density at radius 1 is 1.09 bits per heavy atom. The van der Waals surface area contributed by atoms with E-state index in [9.17, 15) is 27.1 Å². The number of likely N-dealkylation sites (tertiary alicyclic amines) is 1. The molecule has 184 valence electrons. The molecule has 0 aromatic carbocycles. The fourth-order valence-corrected chi connectivity index (χ4v) is 6.17. The lowest BCUT2D eigenvalue weighted by Crippen LogP contribution is -2.79. The first kappa shape index (κ1) is 22.2. The van der Waals surface area contributed by atoms with E-state index >= 15 is 0 Å². The molecule has 0 amide bonds. The number of nitrogens with two attached hydrogens (primary N) is 1. The molecule has 11 heteroatoms. The van der Waals surface area contributed by atoms with E-state index in [1.165, 1.54) is 6.20 Å². The Morgan fingerprint density at radius 3 is 2.32 bits per heavy atom. The summed E-state index contributed by atoms with van der Waals surface area (Å²) in [5.74, 6) is -2.64. The summed E-state index contributed by atoms with van der Waals surface area (Å²) in [6.07, 6.45) is 1.33. The zero-order valence-corrected chi connectivity index (χ0v) is 18.5. The molecular formula is C23H26F5N5O. The maximum Gasteiger partial charge on any atom is 0.419 e. The highest BCUT2D eigenvalue weighted by Gasteiger charge is 2.72. The van der Waals surface area contributed by atoms with E-state index in [1.807, 2.05) is 4.57 Å². The summed E-state index contributed by atoms with van der Waals surface area (Å²) >= 11 is 0. The van der Waals surface area contributed by atoms with Crippen LogP contribution in [0.15, 0.2) is 18.5 Å². The molecule has 0 radical (unpaired) electrons. The van der Waals surface area contributed by atoms with Crippen molar-refractivity contribution in [3.05, 3.63) is 29.8 Å². The number of pyridine rings is 1. The molecule has 4 saturated carbocycles. The number of rotatable bonds is 5. The van der Waals surface area contributed by atoms with Gasteiger partial charge in [0.2, 0.25) is 0 Å². The molecule has 3 N–H and O–H groups in total. The van der Waals surface area contributed by atoms with Crippen molar-refractivity contribution in [2.75, 3.05) is 18.8 Å². The van der Waals surface area contributed by atoms with Crippen LogP contribution in [0.1, 0.15) is 62.4 Å². The first-order valence-electron chi connectivity index (χ1n) is 11.7. The lowest BCUT2D eigenvalue weighted by atomic mass is 9.43. The van der Waals surface area contributed by atoms with Gasteiger partial charge in [-0.15, -0.1) is 0 Å². The van der Waals surface area contributed by atoms with Crippen LogP contribution < -0.4 is 5.73 Å². The number of hydrogen-bond donors (Lipinski definition) is 2. The number of hydrogen-bond acceptors (Lipinski definition) is 5. The first-order chi connectivity index (χ1) is 15.9. The van der Waals surface area contributed by atoms with E-state index in [2.05, 4.69) is 14.9 Å². The molecule has 1 atom stereocenters. The number of nitrogens with zero attached hydrogens (tertiary/aromatic N) is 4. The Hall–Kier alpha value is -2.27. The Bertz CT molecular complexity index is 1110. The van der Waals surface area contributed by atoms with Crippen LogP contribution in [-0.2, 0) is 11.7 Å². The second-order valence-electron chi connectivity index (χ2n) is 10.6. The fourth-order valence-electron chi connectivity index (χ4n) is 6.17. The Balaban J connectivity index is 1.30. The van der Waals surface area contributed by atoms with Gasteiger partial charge in [0.25, 0.3) is 5.92 Å². The zero-order valence-electron chi connectivity index (χ0n) is 18.5. The lowest BCUT2D eigenvalue weighted by Gasteiger charge is -2.75. The number of halogens is 5. The van der Waals surface area contributed by atoms with Crippen molar-refractivity contribution in [1.82, 2.24) is 19.4 Å². The lowest BCUT2D eigenvalue weighted by molar-refractivity contribution is -0.224. The molecule has 5 aliphatic rings. The summed E-state index contributed by atoms with van der Waals surface area (Å²) in [5.41, 5.74) is 4.53. The summed E-state index contributed by atoms with van der Waals surface area (Å²) in [6, 6.07) is 0.944. The predicted molar refractivity (Wildman–Crippen MR) is 113 cm³/mol. The number of piperidine rings is 1. The molecule has 2 aromatic rings. The van der Waals surface area contributed by atoms with Crippen molar-refractivity contribution in [3.63, 3.8) is 0 Å². The smallest absolute Gasteiger partial charge is 0.385 e. The van der Waals surface area contributed by atoms with Gasteiger partial charge >= 0.3 is 6.18 Å². The van der Waals surface area contributed by atoms with Gasteiger partial charge in [-0.1, -0.05) is 0 Å². The summed E-state index contributed by atoms with van der Waals surface area (Å²) in [5, 5.41) is 10.9. The van der Waals surface area contributed by atoms with E-state index in [1.54, 1.807) is 6.20 Å². The highest BCUT2D eigenvalue weighted by Crippen LogP contribution is 2.69. The third-order valence-electron chi connectivity index (χ3n) is 8.24. The predicted octanol–water partition coefficient (Wildman–Crippen LogP) is 4.35. The summed E-state index contributed by atoms with van der Waals surface area (Å²) in [4.78, 5) is 10.5. The van der Waals surface area contributed by atoms with Crippen LogP contribution in [0.25, 0.3) is 11.3 Å². The Morgan fingerprint density at radius 2 is 1.74 bits per heavy atom. The normalized spacial score (nSPS) is 31.6. The van der Waals surface area contributed by atoms with Crippen molar-refractivity contribution in [1.29, 1.82) is 0 Å². The molecule has 1 aliphatic heterocycles. The van der Waals surface area contributed by atoms with Crippen molar-refractivity contribution in [3.8, 4) is 11.3 Å². The van der Waals surface area contributed by atoms with Crippen LogP contribution in [0.5, 0.6) is 0 Å². The molecule has 6 nitrogen and oxygen atoms in total. The second-order valence-corrected chi connectivity index (χ2v) is 10.6. The molecule has 1 unspecified atom stereocenters. The Kier molecular flexibility index (Phi) is 4.51. The highest BCUT2D eigenvalue weighted by molar-refractivity contribution is 5.62. The maximum absolute atomic E-state index is 13.6. The number of imidazole rings is 1. The first-order valence-corrected chi connectivity index (χ1v) is 11.7. The monoisotopic (exact) mass is 483 g/mol. The molecule has 4 aliphatic carbocycles. The van der Waals surface area contributed by atoms with E-state index in [0.717, 1.165) is 38.2 Å². The molecule has 2 aromatic heterocycles. The molecule has 7 rings (SSSR count). The third kappa shape index (κ3) is 3.34. The van der Waals surface area contributed by atoms with Gasteiger partial charge in [-0.2, -0.15) is 13.2 Å². The van der Waals surface area contributed by atoms with Gasteiger partial charge in [-0.05, 0) is 44.1 Å².